The molecular weight excluding hydrogens is 392 g/mol. The summed E-state index contributed by atoms with van der Waals surface area (Å²) in [6.45, 7) is 4.97. The minimum absolute atomic E-state index is 0.0138. The third-order valence-electron chi connectivity index (χ3n) is 5.06. The first kappa shape index (κ1) is 21.5. The standard InChI is InChI=1S/C21H24N2O7/c1-21(2,3)30-20(28)23-15(24)11-12(16(23)19(27)29-4)9-10-22-17(25)13-7-5-6-8-14(13)18(22)26/h5-8,12,16H,9-11H2,1-4H3/t12-,16-/m0/s1. The van der Waals surface area contributed by atoms with E-state index in [1.165, 1.54) is 7.11 Å². The van der Waals surface area contributed by atoms with E-state index < -0.39 is 47.3 Å². The van der Waals surface area contributed by atoms with Crippen molar-refractivity contribution in [2.24, 2.45) is 5.92 Å². The topological polar surface area (TPSA) is 110 Å². The highest BCUT2D eigenvalue weighted by Gasteiger charge is 2.50. The van der Waals surface area contributed by atoms with Crippen LogP contribution >= 0.6 is 0 Å². The molecule has 0 bridgehead atoms. The van der Waals surface area contributed by atoms with Crippen molar-refractivity contribution in [3.8, 4) is 0 Å². The molecule has 0 unspecified atom stereocenters. The molecule has 1 saturated heterocycles. The van der Waals surface area contributed by atoms with E-state index in [0.29, 0.717) is 11.1 Å². The first-order valence-corrected chi connectivity index (χ1v) is 9.63. The summed E-state index contributed by atoms with van der Waals surface area (Å²) in [7, 11) is 1.17. The fraction of sp³-hybridized carbons (Fsp3) is 0.476. The average Bonchev–Trinajstić information content (AvgIpc) is 3.13. The second-order valence-electron chi connectivity index (χ2n) is 8.27. The summed E-state index contributed by atoms with van der Waals surface area (Å²) in [5.41, 5.74) is -0.203. The minimum Gasteiger partial charge on any atom is -0.467 e. The molecule has 1 aromatic carbocycles. The molecule has 0 radical (unpaired) electrons. The van der Waals surface area contributed by atoms with Gasteiger partial charge in [0.15, 0.2) is 0 Å². The van der Waals surface area contributed by atoms with E-state index in [9.17, 15) is 24.0 Å². The Morgan fingerprint density at radius 3 is 2.13 bits per heavy atom. The Hall–Kier alpha value is -3.23. The summed E-state index contributed by atoms with van der Waals surface area (Å²) in [5, 5.41) is 0. The number of ether oxygens (including phenoxy) is 2. The highest BCUT2D eigenvalue weighted by atomic mass is 16.6. The van der Waals surface area contributed by atoms with Gasteiger partial charge in [-0.2, -0.15) is 0 Å². The van der Waals surface area contributed by atoms with Crippen LogP contribution in [0.5, 0.6) is 0 Å². The summed E-state index contributed by atoms with van der Waals surface area (Å²) < 4.78 is 10.1. The van der Waals surface area contributed by atoms with Crippen LogP contribution in [0.2, 0.25) is 0 Å². The molecule has 0 aromatic heterocycles. The Balaban J connectivity index is 1.76. The Labute approximate surface area is 173 Å². The summed E-state index contributed by atoms with van der Waals surface area (Å²) >= 11 is 0. The van der Waals surface area contributed by atoms with Crippen LogP contribution in [0.3, 0.4) is 0 Å². The van der Waals surface area contributed by atoms with E-state index in [-0.39, 0.29) is 19.4 Å². The quantitative estimate of drug-likeness (QED) is 0.545. The van der Waals surface area contributed by atoms with E-state index in [1.54, 1.807) is 45.0 Å². The van der Waals surface area contributed by atoms with Gasteiger partial charge < -0.3 is 9.47 Å². The molecule has 0 aliphatic carbocycles. The average molecular weight is 416 g/mol. The van der Waals surface area contributed by atoms with Crippen molar-refractivity contribution in [1.29, 1.82) is 0 Å². The largest absolute Gasteiger partial charge is 0.467 e. The molecule has 0 N–H and O–H groups in total. The lowest BCUT2D eigenvalue weighted by atomic mass is 9.96. The number of carbonyl (C=O) groups excluding carboxylic acids is 5. The maximum absolute atomic E-state index is 12.5. The van der Waals surface area contributed by atoms with Crippen LogP contribution in [0.25, 0.3) is 0 Å². The maximum Gasteiger partial charge on any atom is 0.417 e. The molecule has 160 valence electrons. The third-order valence-corrected chi connectivity index (χ3v) is 5.06. The van der Waals surface area contributed by atoms with Gasteiger partial charge in [0.1, 0.15) is 11.6 Å². The number of imide groups is 2. The normalized spacial score (nSPS) is 21.1. The monoisotopic (exact) mass is 416 g/mol. The number of nitrogens with zero attached hydrogens (tertiary/aromatic N) is 2. The Morgan fingerprint density at radius 1 is 1.07 bits per heavy atom. The molecule has 2 aliphatic rings. The molecule has 3 rings (SSSR count). The molecule has 9 heteroatoms. The molecule has 9 nitrogen and oxygen atoms in total. The number of rotatable bonds is 4. The Bertz CT molecular complexity index is 883. The third kappa shape index (κ3) is 3.92. The summed E-state index contributed by atoms with van der Waals surface area (Å²) in [5.74, 6) is -2.76. The molecule has 4 amide bonds. The van der Waals surface area contributed by atoms with Gasteiger partial charge in [-0.3, -0.25) is 19.3 Å². The van der Waals surface area contributed by atoms with Crippen LogP contribution in [-0.2, 0) is 19.1 Å². The van der Waals surface area contributed by atoms with E-state index in [0.717, 1.165) is 9.80 Å². The molecule has 1 aromatic rings. The van der Waals surface area contributed by atoms with Crippen molar-refractivity contribution in [2.45, 2.75) is 45.3 Å². The molecule has 0 spiro atoms. The number of benzene rings is 1. The first-order chi connectivity index (χ1) is 14.0. The molecular formula is C21H24N2O7. The van der Waals surface area contributed by atoms with Crippen molar-refractivity contribution >= 4 is 29.8 Å². The van der Waals surface area contributed by atoms with Gasteiger partial charge in [-0.05, 0) is 39.3 Å². The van der Waals surface area contributed by atoms with Crippen LogP contribution < -0.4 is 0 Å². The predicted molar refractivity (Wildman–Crippen MR) is 103 cm³/mol. The van der Waals surface area contributed by atoms with Crippen molar-refractivity contribution in [3.05, 3.63) is 35.4 Å². The fourth-order valence-corrected chi connectivity index (χ4v) is 3.74. The van der Waals surface area contributed by atoms with E-state index in [4.69, 9.17) is 9.47 Å². The second-order valence-corrected chi connectivity index (χ2v) is 8.27. The SMILES string of the molecule is COC(=O)[C@@H]1[C@@H](CCN2C(=O)c3ccccc3C2=O)CC(=O)N1C(=O)OC(C)(C)C. The Kier molecular flexibility index (Phi) is 5.65. The first-order valence-electron chi connectivity index (χ1n) is 9.63. The zero-order valence-corrected chi connectivity index (χ0v) is 17.3. The molecule has 1 fully saturated rings. The second kappa shape index (κ2) is 7.89. The number of hydrogen-bond acceptors (Lipinski definition) is 7. The lowest BCUT2D eigenvalue weighted by Crippen LogP contribution is -2.48. The number of esters is 1. The predicted octanol–water partition coefficient (Wildman–Crippen LogP) is 2.00. The lowest BCUT2D eigenvalue weighted by Gasteiger charge is -2.28. The Morgan fingerprint density at radius 2 is 1.63 bits per heavy atom. The lowest BCUT2D eigenvalue weighted by molar-refractivity contribution is -0.149. The van der Waals surface area contributed by atoms with Gasteiger partial charge in [-0.25, -0.2) is 14.5 Å². The summed E-state index contributed by atoms with van der Waals surface area (Å²) in [6.07, 6.45) is -0.857. The minimum atomic E-state index is -1.17. The molecule has 2 aliphatic heterocycles. The van der Waals surface area contributed by atoms with Crippen molar-refractivity contribution in [3.63, 3.8) is 0 Å². The fourth-order valence-electron chi connectivity index (χ4n) is 3.74. The van der Waals surface area contributed by atoms with Gasteiger partial charge >= 0.3 is 12.1 Å². The van der Waals surface area contributed by atoms with Crippen molar-refractivity contribution in [1.82, 2.24) is 9.80 Å². The van der Waals surface area contributed by atoms with Crippen LogP contribution in [0.1, 0.15) is 54.3 Å². The molecule has 30 heavy (non-hydrogen) atoms. The summed E-state index contributed by atoms with van der Waals surface area (Å²) in [6, 6.07) is 5.34. The van der Waals surface area contributed by atoms with Gasteiger partial charge in [0, 0.05) is 18.9 Å². The number of hydrogen-bond donors (Lipinski definition) is 0. The number of methoxy groups -OCH3 is 1. The van der Waals surface area contributed by atoms with Crippen LogP contribution in [-0.4, -0.2) is 64.9 Å². The van der Waals surface area contributed by atoms with Gasteiger partial charge in [0.05, 0.1) is 18.2 Å². The van der Waals surface area contributed by atoms with Crippen LogP contribution in [0, 0.1) is 5.92 Å². The number of amides is 4. The number of carbonyl (C=O) groups is 5. The molecule has 2 atom stereocenters. The van der Waals surface area contributed by atoms with Gasteiger partial charge in [-0.15, -0.1) is 0 Å². The zero-order valence-electron chi connectivity index (χ0n) is 17.3. The van der Waals surface area contributed by atoms with Gasteiger partial charge in [-0.1, -0.05) is 12.1 Å². The van der Waals surface area contributed by atoms with Crippen LogP contribution in [0.15, 0.2) is 24.3 Å². The van der Waals surface area contributed by atoms with Gasteiger partial charge in [0.25, 0.3) is 11.8 Å². The maximum atomic E-state index is 12.5. The van der Waals surface area contributed by atoms with E-state index in [1.807, 2.05) is 0 Å². The zero-order chi connectivity index (χ0) is 22.2. The van der Waals surface area contributed by atoms with Gasteiger partial charge in [0.2, 0.25) is 5.91 Å². The number of fused-ring (bicyclic) bond motifs is 1. The van der Waals surface area contributed by atoms with Crippen molar-refractivity contribution < 1.29 is 33.4 Å². The highest BCUT2D eigenvalue weighted by molar-refractivity contribution is 6.21. The molecule has 0 saturated carbocycles. The number of likely N-dealkylation sites (tertiary alicyclic amines) is 1. The summed E-state index contributed by atoms with van der Waals surface area (Å²) in [4.78, 5) is 64.4. The van der Waals surface area contributed by atoms with E-state index >= 15 is 0 Å². The van der Waals surface area contributed by atoms with Crippen LogP contribution in [0.4, 0.5) is 4.79 Å². The smallest absolute Gasteiger partial charge is 0.417 e. The highest BCUT2D eigenvalue weighted by Crippen LogP contribution is 2.32. The molecule has 2 heterocycles. The van der Waals surface area contributed by atoms with E-state index in [2.05, 4.69) is 0 Å². The van der Waals surface area contributed by atoms with Crippen molar-refractivity contribution in [2.75, 3.05) is 13.7 Å².